The van der Waals surface area contributed by atoms with Crippen molar-refractivity contribution in [2.24, 2.45) is 5.92 Å². The van der Waals surface area contributed by atoms with Crippen LogP contribution < -0.4 is 21.1 Å². The molecule has 5 N–H and O–H groups in total. The van der Waals surface area contributed by atoms with Gasteiger partial charge in [-0.05, 0) is 78.6 Å². The number of benzene rings is 3. The predicted molar refractivity (Wildman–Crippen MR) is 165 cm³/mol. The van der Waals surface area contributed by atoms with Crippen molar-refractivity contribution in [2.45, 2.75) is 52.9 Å². The number of carboxylic acid groups (broad SMARTS) is 1. The normalized spacial score (nSPS) is 11.8. The van der Waals surface area contributed by atoms with Gasteiger partial charge in [0, 0.05) is 23.8 Å². The topological polar surface area (TPSA) is 127 Å². The van der Waals surface area contributed by atoms with E-state index in [1.807, 2.05) is 68.4 Å². The SMILES string of the molecule is CCOc1cc(C(Nc2ccc3c(N)nccc3c2)C(=O)NCc2cccc(C)c2)ccc1CC(C)C.O=C(O)C(F)(F)F. The van der Waals surface area contributed by atoms with Gasteiger partial charge in [-0.3, -0.25) is 4.79 Å². The Morgan fingerprint density at radius 2 is 1.77 bits per heavy atom. The van der Waals surface area contributed by atoms with Crippen LogP contribution in [0.15, 0.2) is 72.9 Å². The molecule has 3 aromatic carbocycles. The maximum atomic E-state index is 13.6. The standard InChI is InChI=1S/C31H36N4O2.C2HF3O2/c1-5-37-28-18-25(10-9-24(28)15-20(2)3)29(31(36)34-19-22-8-6-7-21(4)16-22)35-26-11-12-27-23(17-26)13-14-33-30(27)32;3-2(4,5)1(6)7/h6-14,16-18,20,29,35H,5,15,19H2,1-4H3,(H2,32,33)(H,34,36);(H,6,7). The Morgan fingerprint density at radius 1 is 1.05 bits per heavy atom. The van der Waals surface area contributed by atoms with E-state index in [-0.39, 0.29) is 5.91 Å². The second-order valence-corrected chi connectivity index (χ2v) is 10.6. The van der Waals surface area contributed by atoms with E-state index in [0.29, 0.717) is 24.9 Å². The van der Waals surface area contributed by atoms with Crippen molar-refractivity contribution in [2.75, 3.05) is 17.7 Å². The third-order valence-corrected chi connectivity index (χ3v) is 6.51. The van der Waals surface area contributed by atoms with Gasteiger partial charge in [-0.2, -0.15) is 13.2 Å². The number of rotatable bonds is 10. The highest BCUT2D eigenvalue weighted by Gasteiger charge is 2.38. The number of nitrogens with zero attached hydrogens (tertiary/aromatic N) is 1. The number of carboxylic acids is 1. The molecule has 0 radical (unpaired) electrons. The Morgan fingerprint density at radius 3 is 2.41 bits per heavy atom. The number of fused-ring (bicyclic) bond motifs is 1. The minimum absolute atomic E-state index is 0.116. The Bertz CT molecular complexity index is 1590. The molecule has 1 amide bonds. The lowest BCUT2D eigenvalue weighted by Crippen LogP contribution is -2.33. The fourth-order valence-corrected chi connectivity index (χ4v) is 4.52. The zero-order valence-electron chi connectivity index (χ0n) is 25.0. The molecule has 0 bridgehead atoms. The molecule has 0 fully saturated rings. The summed E-state index contributed by atoms with van der Waals surface area (Å²) < 4.78 is 37.7. The molecule has 0 saturated heterocycles. The van der Waals surface area contributed by atoms with Crippen LogP contribution in [-0.2, 0) is 22.6 Å². The van der Waals surface area contributed by atoms with Gasteiger partial charge in [0.05, 0.1) is 6.61 Å². The summed E-state index contributed by atoms with van der Waals surface area (Å²) in [5, 5.41) is 15.5. The lowest BCUT2D eigenvalue weighted by molar-refractivity contribution is -0.192. The molecule has 1 atom stereocenters. The third-order valence-electron chi connectivity index (χ3n) is 6.51. The van der Waals surface area contributed by atoms with Crippen molar-refractivity contribution in [1.82, 2.24) is 10.3 Å². The highest BCUT2D eigenvalue weighted by molar-refractivity contribution is 5.94. The number of aryl methyl sites for hydroxylation is 1. The number of ether oxygens (including phenoxy) is 1. The molecule has 11 heteroatoms. The number of anilines is 2. The lowest BCUT2D eigenvalue weighted by atomic mass is 9.97. The van der Waals surface area contributed by atoms with Crippen molar-refractivity contribution >= 4 is 34.2 Å². The number of hydrogen-bond donors (Lipinski definition) is 4. The summed E-state index contributed by atoms with van der Waals surface area (Å²) in [5.74, 6) is -1.07. The molecule has 0 aliphatic heterocycles. The molecule has 0 aliphatic carbocycles. The first-order valence-electron chi connectivity index (χ1n) is 14.1. The van der Waals surface area contributed by atoms with E-state index < -0.39 is 18.2 Å². The Labute approximate surface area is 254 Å². The highest BCUT2D eigenvalue weighted by atomic mass is 19.4. The molecule has 4 aromatic rings. The second kappa shape index (κ2) is 15.1. The predicted octanol–water partition coefficient (Wildman–Crippen LogP) is 6.83. The number of nitrogen functional groups attached to an aromatic ring is 1. The van der Waals surface area contributed by atoms with E-state index in [9.17, 15) is 18.0 Å². The smallest absolute Gasteiger partial charge is 0.490 e. The molecule has 234 valence electrons. The molecule has 1 unspecified atom stereocenters. The van der Waals surface area contributed by atoms with Crippen LogP contribution in [0.3, 0.4) is 0 Å². The van der Waals surface area contributed by atoms with Crippen LogP contribution in [0, 0.1) is 12.8 Å². The minimum Gasteiger partial charge on any atom is -0.494 e. The van der Waals surface area contributed by atoms with E-state index >= 15 is 0 Å². The number of nitrogens with two attached hydrogens (primary N) is 1. The van der Waals surface area contributed by atoms with Crippen molar-refractivity contribution in [1.29, 1.82) is 0 Å². The van der Waals surface area contributed by atoms with Gasteiger partial charge in [0.1, 0.15) is 17.6 Å². The molecule has 44 heavy (non-hydrogen) atoms. The van der Waals surface area contributed by atoms with Crippen LogP contribution in [0.4, 0.5) is 24.7 Å². The fraction of sp³-hybridized carbons (Fsp3) is 0.303. The Hall–Kier alpha value is -4.80. The number of aromatic nitrogens is 1. The monoisotopic (exact) mass is 610 g/mol. The fourth-order valence-electron chi connectivity index (χ4n) is 4.52. The first kappa shape index (κ1) is 33.7. The number of pyridine rings is 1. The number of hydrogen-bond acceptors (Lipinski definition) is 6. The van der Waals surface area contributed by atoms with Gasteiger partial charge in [0.2, 0.25) is 5.91 Å². The van der Waals surface area contributed by atoms with Gasteiger partial charge in [0.25, 0.3) is 0 Å². The summed E-state index contributed by atoms with van der Waals surface area (Å²) >= 11 is 0. The third kappa shape index (κ3) is 9.62. The van der Waals surface area contributed by atoms with E-state index in [4.69, 9.17) is 20.4 Å². The quantitative estimate of drug-likeness (QED) is 0.155. The van der Waals surface area contributed by atoms with Crippen LogP contribution in [0.1, 0.15) is 49.1 Å². The van der Waals surface area contributed by atoms with Crippen molar-refractivity contribution in [3.8, 4) is 5.75 Å². The van der Waals surface area contributed by atoms with Gasteiger partial charge in [-0.15, -0.1) is 0 Å². The van der Waals surface area contributed by atoms with E-state index in [2.05, 4.69) is 41.6 Å². The number of alkyl halides is 3. The average molecular weight is 611 g/mol. The van der Waals surface area contributed by atoms with Crippen LogP contribution in [-0.4, -0.2) is 34.8 Å². The molecular weight excluding hydrogens is 573 g/mol. The number of amides is 1. The number of aliphatic carboxylic acids is 1. The van der Waals surface area contributed by atoms with Gasteiger partial charge >= 0.3 is 12.1 Å². The summed E-state index contributed by atoms with van der Waals surface area (Å²) in [6, 6.07) is 21.4. The van der Waals surface area contributed by atoms with Crippen LogP contribution in [0.5, 0.6) is 5.75 Å². The Balaban J connectivity index is 0.000000676. The maximum absolute atomic E-state index is 13.6. The molecule has 0 saturated carbocycles. The zero-order valence-corrected chi connectivity index (χ0v) is 25.0. The Kier molecular flexibility index (Phi) is 11.6. The zero-order chi connectivity index (χ0) is 32.4. The van der Waals surface area contributed by atoms with E-state index in [1.54, 1.807) is 6.20 Å². The molecule has 0 aliphatic rings. The molecule has 1 heterocycles. The molecular formula is C33H37F3N4O4. The molecule has 1 aromatic heterocycles. The lowest BCUT2D eigenvalue weighted by Gasteiger charge is -2.22. The highest BCUT2D eigenvalue weighted by Crippen LogP contribution is 2.30. The number of carbonyl (C=O) groups excluding carboxylic acids is 1. The largest absolute Gasteiger partial charge is 0.494 e. The first-order valence-corrected chi connectivity index (χ1v) is 14.1. The van der Waals surface area contributed by atoms with Crippen LogP contribution in [0.25, 0.3) is 10.8 Å². The van der Waals surface area contributed by atoms with Gasteiger partial charge < -0.3 is 26.2 Å². The van der Waals surface area contributed by atoms with E-state index in [0.717, 1.165) is 50.9 Å². The van der Waals surface area contributed by atoms with E-state index in [1.165, 1.54) is 0 Å². The summed E-state index contributed by atoms with van der Waals surface area (Å²) in [7, 11) is 0. The molecule has 8 nitrogen and oxygen atoms in total. The number of halogens is 3. The summed E-state index contributed by atoms with van der Waals surface area (Å²) in [4.78, 5) is 26.7. The summed E-state index contributed by atoms with van der Waals surface area (Å²) in [6.07, 6.45) is -2.48. The average Bonchev–Trinajstić information content (AvgIpc) is 2.95. The maximum Gasteiger partial charge on any atom is 0.490 e. The van der Waals surface area contributed by atoms with Crippen LogP contribution >= 0.6 is 0 Å². The summed E-state index contributed by atoms with van der Waals surface area (Å²) in [5.41, 5.74) is 11.1. The molecule has 0 spiro atoms. The van der Waals surface area contributed by atoms with Crippen LogP contribution in [0.2, 0.25) is 0 Å². The van der Waals surface area contributed by atoms with Gasteiger partial charge in [0.15, 0.2) is 0 Å². The number of carbonyl (C=O) groups is 2. The minimum atomic E-state index is -5.08. The van der Waals surface area contributed by atoms with Gasteiger partial charge in [-0.1, -0.05) is 55.8 Å². The van der Waals surface area contributed by atoms with Crippen molar-refractivity contribution in [3.63, 3.8) is 0 Å². The van der Waals surface area contributed by atoms with Crippen molar-refractivity contribution in [3.05, 3.63) is 95.2 Å². The first-order chi connectivity index (χ1) is 20.8. The molecule has 4 rings (SSSR count). The van der Waals surface area contributed by atoms with Gasteiger partial charge in [-0.25, -0.2) is 9.78 Å². The summed E-state index contributed by atoms with van der Waals surface area (Å²) in [6.45, 7) is 9.41. The van der Waals surface area contributed by atoms with Crippen molar-refractivity contribution < 1.29 is 32.6 Å². The second-order valence-electron chi connectivity index (χ2n) is 10.6. The number of nitrogens with one attached hydrogen (secondary N) is 2.